The molecule has 1 aliphatic rings. The molecule has 34 heavy (non-hydrogen) atoms. The first-order valence-electron chi connectivity index (χ1n) is 11.2. The SMILES string of the molecule is CC(=CCCc1coc(Cc2ccoc2)c1)CCCC(C)C=C1OC(=O)C(C)=C1OS(=O)(=O)O. The zero-order chi connectivity index (χ0) is 24.7. The van der Waals surface area contributed by atoms with Crippen LogP contribution in [0.15, 0.2) is 74.6 Å². The molecule has 1 unspecified atom stereocenters. The highest BCUT2D eigenvalue weighted by molar-refractivity contribution is 7.81. The number of allylic oxidation sites excluding steroid dienone is 3. The van der Waals surface area contributed by atoms with Gasteiger partial charge in [0.15, 0.2) is 11.5 Å². The molecule has 0 amide bonds. The van der Waals surface area contributed by atoms with E-state index in [2.05, 4.69) is 23.2 Å². The fourth-order valence-corrected chi connectivity index (χ4v) is 4.11. The van der Waals surface area contributed by atoms with E-state index in [1.807, 2.05) is 13.0 Å². The number of rotatable bonds is 12. The van der Waals surface area contributed by atoms with Crippen LogP contribution in [0.4, 0.5) is 0 Å². The third-order valence-electron chi connectivity index (χ3n) is 5.52. The highest BCUT2D eigenvalue weighted by Gasteiger charge is 2.31. The number of aryl methyl sites for hydroxylation is 1. The number of furan rings is 2. The lowest BCUT2D eigenvalue weighted by Crippen LogP contribution is -2.05. The molecule has 1 aliphatic heterocycles. The third-order valence-corrected chi connectivity index (χ3v) is 5.90. The predicted molar refractivity (Wildman–Crippen MR) is 125 cm³/mol. The Morgan fingerprint density at radius 2 is 2.06 bits per heavy atom. The second-order valence-electron chi connectivity index (χ2n) is 8.57. The highest BCUT2D eigenvalue weighted by Crippen LogP contribution is 2.30. The van der Waals surface area contributed by atoms with Gasteiger partial charge in [-0.15, -0.1) is 0 Å². The van der Waals surface area contributed by atoms with Crippen molar-refractivity contribution in [1.29, 1.82) is 0 Å². The third kappa shape index (κ3) is 7.78. The van der Waals surface area contributed by atoms with Gasteiger partial charge in [0.05, 0.1) is 24.4 Å². The second-order valence-corrected chi connectivity index (χ2v) is 9.60. The summed E-state index contributed by atoms with van der Waals surface area (Å²) in [5.74, 6) is 0.00115. The van der Waals surface area contributed by atoms with Crippen molar-refractivity contribution in [3.8, 4) is 0 Å². The fourth-order valence-electron chi connectivity index (χ4n) is 3.70. The standard InChI is InChI=1S/C25H30O8S/c1-17(7-5-9-20-13-22(31-16-20)14-21-10-11-30-15-21)6-4-8-18(2)12-23-24(33-34(27,28)29)19(3)25(26)32-23/h7,10-13,15-16,18H,4-6,8-9,14H2,1-3H3,(H,27,28,29). The van der Waals surface area contributed by atoms with Gasteiger partial charge in [-0.25, -0.2) is 4.79 Å². The van der Waals surface area contributed by atoms with Gasteiger partial charge in [0.2, 0.25) is 0 Å². The summed E-state index contributed by atoms with van der Waals surface area (Å²) in [6.45, 7) is 5.43. The van der Waals surface area contributed by atoms with Gasteiger partial charge in [-0.2, -0.15) is 8.42 Å². The summed E-state index contributed by atoms with van der Waals surface area (Å²) in [7, 11) is -4.75. The van der Waals surface area contributed by atoms with Gasteiger partial charge in [-0.1, -0.05) is 18.6 Å². The van der Waals surface area contributed by atoms with E-state index in [0.29, 0.717) is 0 Å². The smallest absolute Gasteiger partial charge is 0.446 e. The Morgan fingerprint density at radius 1 is 1.26 bits per heavy atom. The molecule has 2 aromatic heterocycles. The quantitative estimate of drug-likeness (QED) is 0.229. The minimum atomic E-state index is -4.75. The van der Waals surface area contributed by atoms with Crippen molar-refractivity contribution in [2.24, 2.45) is 5.92 Å². The topological polar surface area (TPSA) is 116 Å². The van der Waals surface area contributed by atoms with Gasteiger partial charge >= 0.3 is 16.4 Å². The van der Waals surface area contributed by atoms with Gasteiger partial charge in [-0.05, 0) is 81.2 Å². The van der Waals surface area contributed by atoms with Crippen LogP contribution in [0.3, 0.4) is 0 Å². The van der Waals surface area contributed by atoms with Crippen LogP contribution in [0.1, 0.15) is 63.3 Å². The monoisotopic (exact) mass is 490 g/mol. The summed E-state index contributed by atoms with van der Waals surface area (Å²) in [4.78, 5) is 11.7. The Kier molecular flexibility index (Phi) is 8.57. The summed E-state index contributed by atoms with van der Waals surface area (Å²) >= 11 is 0. The number of ether oxygens (including phenoxy) is 1. The summed E-state index contributed by atoms with van der Waals surface area (Å²) in [5.41, 5.74) is 3.54. The Bertz CT molecular complexity index is 1180. The van der Waals surface area contributed by atoms with Crippen LogP contribution in [0.2, 0.25) is 0 Å². The molecule has 0 saturated heterocycles. The molecule has 0 spiro atoms. The van der Waals surface area contributed by atoms with Crippen LogP contribution in [0.5, 0.6) is 0 Å². The molecule has 0 fully saturated rings. The Labute approximate surface area is 199 Å². The molecule has 2 aromatic rings. The van der Waals surface area contributed by atoms with Crippen LogP contribution in [-0.4, -0.2) is 18.9 Å². The molecule has 0 aromatic carbocycles. The Hall–Kier alpha value is -3.04. The molecule has 0 saturated carbocycles. The normalized spacial score (nSPS) is 16.9. The molecular weight excluding hydrogens is 460 g/mol. The molecule has 1 atom stereocenters. The highest BCUT2D eigenvalue weighted by atomic mass is 32.3. The minimum absolute atomic E-state index is 0.000994. The maximum Gasteiger partial charge on any atom is 0.446 e. The van der Waals surface area contributed by atoms with Gasteiger partial charge in [0, 0.05) is 6.42 Å². The van der Waals surface area contributed by atoms with Gasteiger partial charge in [-0.3, -0.25) is 4.55 Å². The van der Waals surface area contributed by atoms with Crippen LogP contribution >= 0.6 is 0 Å². The van der Waals surface area contributed by atoms with Crippen molar-refractivity contribution in [2.75, 3.05) is 0 Å². The molecule has 3 heterocycles. The Balaban J connectivity index is 1.42. The van der Waals surface area contributed by atoms with E-state index in [4.69, 9.17) is 18.1 Å². The molecule has 0 bridgehead atoms. The van der Waals surface area contributed by atoms with E-state index in [1.54, 1.807) is 24.9 Å². The van der Waals surface area contributed by atoms with Crippen LogP contribution in [0.25, 0.3) is 0 Å². The van der Waals surface area contributed by atoms with Crippen LogP contribution in [-0.2, 0) is 37.0 Å². The number of hydrogen-bond donors (Lipinski definition) is 1. The lowest BCUT2D eigenvalue weighted by Gasteiger charge is -2.09. The van der Waals surface area contributed by atoms with Gasteiger partial charge in [0.25, 0.3) is 0 Å². The zero-order valence-corrected chi connectivity index (χ0v) is 20.4. The lowest BCUT2D eigenvalue weighted by molar-refractivity contribution is -0.133. The lowest BCUT2D eigenvalue weighted by atomic mass is 9.99. The first kappa shape index (κ1) is 25.6. The fraction of sp³-hybridized carbons (Fsp3) is 0.400. The van der Waals surface area contributed by atoms with E-state index in [-0.39, 0.29) is 23.0 Å². The van der Waals surface area contributed by atoms with E-state index in [9.17, 15) is 13.2 Å². The van der Waals surface area contributed by atoms with Crippen LogP contribution in [0, 0.1) is 5.92 Å². The van der Waals surface area contributed by atoms with E-state index < -0.39 is 16.4 Å². The summed E-state index contributed by atoms with van der Waals surface area (Å²) in [6.07, 6.45) is 14.3. The first-order valence-corrected chi connectivity index (χ1v) is 12.5. The van der Waals surface area contributed by atoms with E-state index in [1.165, 1.54) is 18.1 Å². The van der Waals surface area contributed by atoms with Crippen molar-refractivity contribution >= 4 is 16.4 Å². The summed E-state index contributed by atoms with van der Waals surface area (Å²) in [6, 6.07) is 4.01. The molecule has 3 rings (SSSR count). The predicted octanol–water partition coefficient (Wildman–Crippen LogP) is 5.68. The average Bonchev–Trinajstić information content (AvgIpc) is 3.47. The molecular formula is C25H30O8S. The van der Waals surface area contributed by atoms with Crippen molar-refractivity contribution in [2.45, 2.75) is 59.3 Å². The van der Waals surface area contributed by atoms with E-state index in [0.717, 1.165) is 49.8 Å². The Morgan fingerprint density at radius 3 is 2.76 bits per heavy atom. The van der Waals surface area contributed by atoms with Gasteiger partial charge < -0.3 is 17.8 Å². The first-order chi connectivity index (χ1) is 16.1. The van der Waals surface area contributed by atoms with Gasteiger partial charge in [0.1, 0.15) is 5.76 Å². The number of esters is 1. The molecule has 0 aliphatic carbocycles. The van der Waals surface area contributed by atoms with Crippen molar-refractivity contribution in [1.82, 2.24) is 0 Å². The van der Waals surface area contributed by atoms with Crippen molar-refractivity contribution in [3.63, 3.8) is 0 Å². The minimum Gasteiger partial charge on any atom is -0.472 e. The summed E-state index contributed by atoms with van der Waals surface area (Å²) < 4.78 is 51.4. The van der Waals surface area contributed by atoms with Crippen molar-refractivity contribution in [3.05, 3.63) is 82.6 Å². The maximum absolute atomic E-state index is 11.7. The number of carbonyl (C=O) groups is 1. The molecule has 184 valence electrons. The van der Waals surface area contributed by atoms with Crippen molar-refractivity contribution < 1.29 is 35.5 Å². The molecule has 1 N–H and O–H groups in total. The number of hydrogen-bond acceptors (Lipinski definition) is 7. The molecule has 8 nitrogen and oxygen atoms in total. The second kappa shape index (κ2) is 11.4. The van der Waals surface area contributed by atoms with E-state index >= 15 is 0 Å². The maximum atomic E-state index is 11.7. The number of cyclic esters (lactones) is 1. The largest absolute Gasteiger partial charge is 0.472 e. The van der Waals surface area contributed by atoms with Crippen LogP contribution < -0.4 is 0 Å². The average molecular weight is 491 g/mol. The number of carbonyl (C=O) groups excluding carboxylic acids is 1. The molecule has 0 radical (unpaired) electrons. The zero-order valence-electron chi connectivity index (χ0n) is 19.6. The molecule has 9 heteroatoms. The summed E-state index contributed by atoms with van der Waals surface area (Å²) in [5, 5.41) is 0.